The van der Waals surface area contributed by atoms with Crippen molar-refractivity contribution in [2.45, 2.75) is 38.5 Å². The highest BCUT2D eigenvalue weighted by molar-refractivity contribution is 14.0. The number of nitrogens with one attached hydrogen (secondary N) is 2. The number of guanidine groups is 1. The Kier molecular flexibility index (Phi) is 14.5. The van der Waals surface area contributed by atoms with Gasteiger partial charge in [0.05, 0.1) is 7.11 Å². The van der Waals surface area contributed by atoms with Gasteiger partial charge in [0.25, 0.3) is 0 Å². The molecule has 8 heteroatoms. The summed E-state index contributed by atoms with van der Waals surface area (Å²) in [6.07, 6.45) is 7.20. The van der Waals surface area contributed by atoms with Crippen LogP contribution >= 0.6 is 35.6 Å². The predicted octanol–water partition coefficient (Wildman–Crippen LogP) is 3.18. The highest BCUT2D eigenvalue weighted by Crippen LogP contribution is 2.05. The minimum atomic E-state index is -0.131. The van der Waals surface area contributed by atoms with E-state index in [1.807, 2.05) is 6.07 Å². The van der Waals surface area contributed by atoms with Crippen molar-refractivity contribution in [3.05, 3.63) is 29.0 Å². The third-order valence-corrected chi connectivity index (χ3v) is 3.77. The van der Waals surface area contributed by atoms with Crippen molar-refractivity contribution in [3.8, 4) is 0 Å². The first kappa shape index (κ1) is 23.9. The van der Waals surface area contributed by atoms with Gasteiger partial charge in [0.2, 0.25) is 0 Å². The molecule has 142 valence electrons. The van der Waals surface area contributed by atoms with Gasteiger partial charge in [-0.25, -0.2) is 4.98 Å². The Labute approximate surface area is 172 Å². The first-order chi connectivity index (χ1) is 11.7. The normalized spacial score (nSPS) is 10.8. The molecule has 0 aromatic carbocycles. The summed E-state index contributed by atoms with van der Waals surface area (Å²) in [6, 6.07) is 3.77. The van der Waals surface area contributed by atoms with Crippen LogP contribution in [0.15, 0.2) is 23.3 Å². The molecule has 0 spiro atoms. The number of carbonyl (C=O) groups excluding carboxylic acids is 1. The Hall–Kier alpha value is -1.09. The molecule has 1 aromatic heterocycles. The quantitative estimate of drug-likeness (QED) is 0.134. The van der Waals surface area contributed by atoms with E-state index in [1.54, 1.807) is 19.3 Å². The molecule has 0 saturated heterocycles. The first-order valence-corrected chi connectivity index (χ1v) is 8.65. The van der Waals surface area contributed by atoms with E-state index < -0.39 is 0 Å². The molecule has 0 aliphatic rings. The van der Waals surface area contributed by atoms with Crippen LogP contribution in [0.25, 0.3) is 0 Å². The third kappa shape index (κ3) is 12.0. The molecule has 2 N–H and O–H groups in total. The Bertz CT molecular complexity index is 512. The van der Waals surface area contributed by atoms with Crippen LogP contribution in [-0.2, 0) is 16.0 Å². The van der Waals surface area contributed by atoms with Crippen LogP contribution in [0, 0.1) is 0 Å². The minimum Gasteiger partial charge on any atom is -0.469 e. The number of rotatable bonds is 10. The Morgan fingerprint density at radius 2 is 1.92 bits per heavy atom. The van der Waals surface area contributed by atoms with E-state index in [0.717, 1.165) is 56.7 Å². The summed E-state index contributed by atoms with van der Waals surface area (Å²) in [6.45, 7) is 1.64. The largest absolute Gasteiger partial charge is 0.469 e. The Morgan fingerprint density at radius 3 is 2.56 bits per heavy atom. The van der Waals surface area contributed by atoms with E-state index in [9.17, 15) is 4.79 Å². The van der Waals surface area contributed by atoms with Crippen LogP contribution in [0.2, 0.25) is 5.15 Å². The maximum atomic E-state index is 11.0. The van der Waals surface area contributed by atoms with Gasteiger partial charge < -0.3 is 15.4 Å². The molecule has 0 radical (unpaired) electrons. The number of halogens is 2. The van der Waals surface area contributed by atoms with Gasteiger partial charge in [-0.1, -0.05) is 30.5 Å². The van der Waals surface area contributed by atoms with Gasteiger partial charge in [0, 0.05) is 32.8 Å². The molecule has 0 aliphatic heterocycles. The lowest BCUT2D eigenvalue weighted by Gasteiger charge is -2.11. The van der Waals surface area contributed by atoms with Gasteiger partial charge in [0.15, 0.2) is 5.96 Å². The molecule has 1 aromatic rings. The van der Waals surface area contributed by atoms with Crippen molar-refractivity contribution in [1.82, 2.24) is 15.6 Å². The molecule has 1 rings (SSSR count). The smallest absolute Gasteiger partial charge is 0.305 e. The number of methoxy groups -OCH3 is 1. The number of hydrogen-bond acceptors (Lipinski definition) is 4. The van der Waals surface area contributed by atoms with Gasteiger partial charge in [-0.2, -0.15) is 0 Å². The molecule has 0 unspecified atom stereocenters. The van der Waals surface area contributed by atoms with Crippen LogP contribution in [0.3, 0.4) is 0 Å². The van der Waals surface area contributed by atoms with Gasteiger partial charge in [0.1, 0.15) is 5.15 Å². The molecule has 0 fully saturated rings. The average molecular weight is 483 g/mol. The zero-order valence-electron chi connectivity index (χ0n) is 14.9. The van der Waals surface area contributed by atoms with Crippen LogP contribution < -0.4 is 10.6 Å². The van der Waals surface area contributed by atoms with E-state index in [1.165, 1.54) is 7.11 Å². The fourth-order valence-corrected chi connectivity index (χ4v) is 2.27. The van der Waals surface area contributed by atoms with Gasteiger partial charge in [-0.15, -0.1) is 24.0 Å². The number of esters is 1. The second-order valence-corrected chi connectivity index (χ2v) is 5.79. The molecule has 0 aliphatic carbocycles. The molecule has 1 heterocycles. The molecule has 25 heavy (non-hydrogen) atoms. The van der Waals surface area contributed by atoms with Gasteiger partial charge in [-0.05, 0) is 30.9 Å². The topological polar surface area (TPSA) is 75.6 Å². The van der Waals surface area contributed by atoms with Crippen LogP contribution in [0.1, 0.15) is 37.7 Å². The summed E-state index contributed by atoms with van der Waals surface area (Å²) < 4.78 is 4.61. The summed E-state index contributed by atoms with van der Waals surface area (Å²) in [7, 11) is 3.18. The number of carbonyl (C=O) groups is 1. The van der Waals surface area contributed by atoms with Crippen molar-refractivity contribution in [2.75, 3.05) is 27.2 Å². The van der Waals surface area contributed by atoms with Crippen LogP contribution in [-0.4, -0.2) is 44.2 Å². The van der Waals surface area contributed by atoms with E-state index in [4.69, 9.17) is 11.6 Å². The summed E-state index contributed by atoms with van der Waals surface area (Å²) >= 11 is 5.77. The molecule has 0 amide bonds. The molecule has 0 atom stereocenters. The summed E-state index contributed by atoms with van der Waals surface area (Å²) in [5, 5.41) is 7.07. The standard InChI is InChI=1S/C17H27ClN4O2.HI/c1-19-17(20-11-6-4-3-5-7-16(23)24-2)21-12-10-14-8-9-15(18)22-13-14;/h8-9,13H,3-7,10-12H2,1-2H3,(H2,19,20,21);1H. The lowest BCUT2D eigenvalue weighted by Crippen LogP contribution is -2.38. The number of pyridine rings is 1. The molecule has 0 saturated carbocycles. The van der Waals surface area contributed by atoms with Gasteiger partial charge in [-0.3, -0.25) is 9.79 Å². The average Bonchev–Trinajstić information content (AvgIpc) is 2.60. The number of hydrogen-bond donors (Lipinski definition) is 2. The zero-order valence-corrected chi connectivity index (χ0v) is 18.0. The fraction of sp³-hybridized carbons (Fsp3) is 0.588. The van der Waals surface area contributed by atoms with Crippen molar-refractivity contribution in [3.63, 3.8) is 0 Å². The lowest BCUT2D eigenvalue weighted by atomic mass is 10.1. The highest BCUT2D eigenvalue weighted by atomic mass is 127. The van der Waals surface area contributed by atoms with Crippen molar-refractivity contribution in [1.29, 1.82) is 0 Å². The van der Waals surface area contributed by atoms with Gasteiger partial charge >= 0.3 is 5.97 Å². The lowest BCUT2D eigenvalue weighted by molar-refractivity contribution is -0.140. The Balaban J connectivity index is 0.00000576. The van der Waals surface area contributed by atoms with E-state index in [-0.39, 0.29) is 29.9 Å². The maximum absolute atomic E-state index is 11.0. The predicted molar refractivity (Wildman–Crippen MR) is 113 cm³/mol. The molecular formula is C17H28ClIN4O2. The molecule has 6 nitrogen and oxygen atoms in total. The van der Waals surface area contributed by atoms with Crippen molar-refractivity contribution in [2.24, 2.45) is 4.99 Å². The fourth-order valence-electron chi connectivity index (χ4n) is 2.16. The summed E-state index contributed by atoms with van der Waals surface area (Å²) in [4.78, 5) is 19.2. The number of aromatic nitrogens is 1. The number of ether oxygens (including phenoxy) is 1. The van der Waals surface area contributed by atoms with E-state index in [2.05, 4.69) is 25.3 Å². The zero-order chi connectivity index (χ0) is 17.6. The summed E-state index contributed by atoms with van der Waals surface area (Å²) in [5.74, 6) is 0.667. The van der Waals surface area contributed by atoms with Crippen molar-refractivity contribution < 1.29 is 9.53 Å². The van der Waals surface area contributed by atoms with E-state index >= 15 is 0 Å². The number of unbranched alkanes of at least 4 members (excludes halogenated alkanes) is 3. The van der Waals surface area contributed by atoms with Crippen molar-refractivity contribution >= 4 is 47.5 Å². The third-order valence-electron chi connectivity index (χ3n) is 3.55. The maximum Gasteiger partial charge on any atom is 0.305 e. The second kappa shape index (κ2) is 15.2. The first-order valence-electron chi connectivity index (χ1n) is 8.27. The highest BCUT2D eigenvalue weighted by Gasteiger charge is 2.00. The SMILES string of the molecule is CN=C(NCCCCCCC(=O)OC)NCCc1ccc(Cl)nc1.I. The summed E-state index contributed by atoms with van der Waals surface area (Å²) in [5.41, 5.74) is 1.13. The second-order valence-electron chi connectivity index (χ2n) is 5.41. The van der Waals surface area contributed by atoms with Crippen LogP contribution in [0.4, 0.5) is 0 Å². The Morgan fingerprint density at radius 1 is 1.20 bits per heavy atom. The van der Waals surface area contributed by atoms with E-state index in [0.29, 0.717) is 11.6 Å². The molecule has 0 bridgehead atoms. The van der Waals surface area contributed by atoms with Crippen LogP contribution in [0.5, 0.6) is 0 Å². The number of aliphatic imine (C=N–C) groups is 1. The molecular weight excluding hydrogens is 455 g/mol. The monoisotopic (exact) mass is 482 g/mol. The minimum absolute atomic E-state index is 0. The number of nitrogens with zero attached hydrogens (tertiary/aromatic N) is 2.